The summed E-state index contributed by atoms with van der Waals surface area (Å²) in [6.45, 7) is 1.68. The first kappa shape index (κ1) is 12.3. The molecule has 0 aliphatic heterocycles. The van der Waals surface area contributed by atoms with Gasteiger partial charge in [-0.15, -0.1) is 0 Å². The standard InChI is InChI=1S/C11H7ClN2O4/c1-5-2-6-4-7(11(15)16)10(12)13-9(6)8(3-5)14(17)18/h2-4H,1H3,(H,15,16). The molecule has 18 heavy (non-hydrogen) atoms. The summed E-state index contributed by atoms with van der Waals surface area (Å²) >= 11 is 5.70. The Morgan fingerprint density at radius 3 is 2.67 bits per heavy atom. The predicted molar refractivity (Wildman–Crippen MR) is 65.1 cm³/mol. The number of benzene rings is 1. The van der Waals surface area contributed by atoms with Crippen molar-refractivity contribution in [3.8, 4) is 0 Å². The Morgan fingerprint density at radius 2 is 2.11 bits per heavy atom. The van der Waals surface area contributed by atoms with E-state index in [4.69, 9.17) is 16.7 Å². The Bertz CT molecular complexity index is 684. The third kappa shape index (κ3) is 1.98. The van der Waals surface area contributed by atoms with E-state index in [1.165, 1.54) is 12.1 Å². The highest BCUT2D eigenvalue weighted by Crippen LogP contribution is 2.29. The van der Waals surface area contributed by atoms with Crippen LogP contribution in [0.15, 0.2) is 18.2 Å². The Morgan fingerprint density at radius 1 is 1.44 bits per heavy atom. The highest BCUT2D eigenvalue weighted by Gasteiger charge is 2.18. The monoisotopic (exact) mass is 266 g/mol. The summed E-state index contributed by atoms with van der Waals surface area (Å²) in [6.07, 6.45) is 0. The zero-order chi connectivity index (χ0) is 13.4. The van der Waals surface area contributed by atoms with Gasteiger partial charge in [-0.25, -0.2) is 9.78 Å². The molecule has 1 heterocycles. The number of carboxylic acids is 1. The molecule has 0 fully saturated rings. The highest BCUT2D eigenvalue weighted by atomic mass is 35.5. The number of nitro groups is 1. The van der Waals surface area contributed by atoms with E-state index in [-0.39, 0.29) is 21.9 Å². The maximum Gasteiger partial charge on any atom is 0.338 e. The van der Waals surface area contributed by atoms with Crippen molar-refractivity contribution in [2.24, 2.45) is 0 Å². The molecule has 0 atom stereocenters. The smallest absolute Gasteiger partial charge is 0.338 e. The highest BCUT2D eigenvalue weighted by molar-refractivity contribution is 6.33. The maximum atomic E-state index is 10.9. The summed E-state index contributed by atoms with van der Waals surface area (Å²) in [7, 11) is 0. The molecule has 6 nitrogen and oxygen atoms in total. The van der Waals surface area contributed by atoms with Crippen molar-refractivity contribution in [2.45, 2.75) is 6.92 Å². The second-order valence-corrected chi connectivity index (χ2v) is 4.10. The van der Waals surface area contributed by atoms with E-state index in [1.54, 1.807) is 13.0 Å². The number of pyridine rings is 1. The second kappa shape index (κ2) is 4.23. The summed E-state index contributed by atoms with van der Waals surface area (Å²) in [6, 6.07) is 4.28. The maximum absolute atomic E-state index is 10.9. The van der Waals surface area contributed by atoms with Gasteiger partial charge in [0.2, 0.25) is 0 Å². The van der Waals surface area contributed by atoms with Crippen LogP contribution < -0.4 is 0 Å². The first-order chi connectivity index (χ1) is 8.40. The number of carboxylic acid groups (broad SMARTS) is 1. The molecule has 2 rings (SSSR count). The number of non-ortho nitro benzene ring substituents is 1. The van der Waals surface area contributed by atoms with Crippen LogP contribution in [0.1, 0.15) is 15.9 Å². The van der Waals surface area contributed by atoms with Gasteiger partial charge in [-0.05, 0) is 24.6 Å². The van der Waals surface area contributed by atoms with Crippen molar-refractivity contribution >= 4 is 34.2 Å². The van der Waals surface area contributed by atoms with Crippen LogP contribution in [0.5, 0.6) is 0 Å². The van der Waals surface area contributed by atoms with Gasteiger partial charge in [0.15, 0.2) is 0 Å². The summed E-state index contributed by atoms with van der Waals surface area (Å²) in [5.41, 5.74) is 0.364. The topological polar surface area (TPSA) is 93.3 Å². The number of rotatable bonds is 2. The van der Waals surface area contributed by atoms with Crippen molar-refractivity contribution in [3.63, 3.8) is 0 Å². The van der Waals surface area contributed by atoms with Crippen LogP contribution in [0.3, 0.4) is 0 Å². The summed E-state index contributed by atoms with van der Waals surface area (Å²) in [5, 5.41) is 19.9. The van der Waals surface area contributed by atoms with E-state index in [0.29, 0.717) is 10.9 Å². The average Bonchev–Trinajstić information content (AvgIpc) is 2.27. The van der Waals surface area contributed by atoms with E-state index in [1.807, 2.05) is 0 Å². The molecular weight excluding hydrogens is 260 g/mol. The van der Waals surface area contributed by atoms with Gasteiger partial charge in [-0.2, -0.15) is 0 Å². The van der Waals surface area contributed by atoms with Crippen LogP contribution >= 0.6 is 11.6 Å². The van der Waals surface area contributed by atoms with Crippen LogP contribution in [0.4, 0.5) is 5.69 Å². The largest absolute Gasteiger partial charge is 0.478 e. The van der Waals surface area contributed by atoms with Crippen LogP contribution in [0.2, 0.25) is 5.15 Å². The number of aryl methyl sites for hydroxylation is 1. The fraction of sp³-hybridized carbons (Fsp3) is 0.0909. The van der Waals surface area contributed by atoms with Gasteiger partial charge in [0.1, 0.15) is 10.7 Å². The first-order valence-electron chi connectivity index (χ1n) is 4.88. The molecule has 0 saturated heterocycles. The third-order valence-corrected chi connectivity index (χ3v) is 2.71. The van der Waals surface area contributed by atoms with E-state index in [9.17, 15) is 14.9 Å². The molecule has 0 aliphatic carbocycles. The average molecular weight is 267 g/mol. The van der Waals surface area contributed by atoms with E-state index in [2.05, 4.69) is 4.98 Å². The van der Waals surface area contributed by atoms with Gasteiger partial charge in [-0.3, -0.25) is 10.1 Å². The molecule has 7 heteroatoms. The van der Waals surface area contributed by atoms with Crippen LogP contribution in [0, 0.1) is 17.0 Å². The normalized spacial score (nSPS) is 10.6. The quantitative estimate of drug-likeness (QED) is 0.512. The zero-order valence-corrected chi connectivity index (χ0v) is 9.93. The molecular formula is C11H7ClN2O4. The summed E-state index contributed by atoms with van der Waals surface area (Å²) in [5.74, 6) is -1.22. The third-order valence-electron chi connectivity index (χ3n) is 2.42. The molecule has 0 aliphatic rings. The lowest BCUT2D eigenvalue weighted by molar-refractivity contribution is -0.383. The molecule has 92 valence electrons. The number of aromatic carboxylic acids is 1. The summed E-state index contributed by atoms with van der Waals surface area (Å²) in [4.78, 5) is 25.0. The Kier molecular flexibility index (Phi) is 2.88. The van der Waals surface area contributed by atoms with Crippen LogP contribution in [0.25, 0.3) is 10.9 Å². The summed E-state index contributed by atoms with van der Waals surface area (Å²) < 4.78 is 0. The molecule has 0 saturated carbocycles. The molecule has 0 amide bonds. The van der Waals surface area contributed by atoms with Crippen LogP contribution in [-0.2, 0) is 0 Å². The lowest BCUT2D eigenvalue weighted by Gasteiger charge is -2.04. The zero-order valence-electron chi connectivity index (χ0n) is 9.18. The number of carbonyl (C=O) groups is 1. The number of fused-ring (bicyclic) bond motifs is 1. The molecule has 0 radical (unpaired) electrons. The van der Waals surface area contributed by atoms with Crippen molar-refractivity contribution in [2.75, 3.05) is 0 Å². The van der Waals surface area contributed by atoms with Crippen LogP contribution in [-0.4, -0.2) is 21.0 Å². The minimum absolute atomic E-state index is 0.0839. The fourth-order valence-electron chi connectivity index (χ4n) is 1.68. The number of hydrogen-bond acceptors (Lipinski definition) is 4. The van der Waals surface area contributed by atoms with Gasteiger partial charge < -0.3 is 5.11 Å². The Balaban J connectivity index is 2.88. The Hall–Kier alpha value is -2.21. The number of halogens is 1. The Labute approximate surface area is 106 Å². The predicted octanol–water partition coefficient (Wildman–Crippen LogP) is 2.80. The van der Waals surface area contributed by atoms with E-state index < -0.39 is 10.9 Å². The van der Waals surface area contributed by atoms with E-state index >= 15 is 0 Å². The molecule has 0 bridgehead atoms. The van der Waals surface area contributed by atoms with E-state index in [0.717, 1.165) is 0 Å². The van der Waals surface area contributed by atoms with Crippen molar-refractivity contribution in [3.05, 3.63) is 44.6 Å². The lowest BCUT2D eigenvalue weighted by atomic mass is 10.1. The van der Waals surface area contributed by atoms with Crippen molar-refractivity contribution < 1.29 is 14.8 Å². The van der Waals surface area contributed by atoms with Gasteiger partial charge in [0.25, 0.3) is 5.69 Å². The SMILES string of the molecule is Cc1cc([N+](=O)[O-])c2nc(Cl)c(C(=O)O)cc2c1. The minimum Gasteiger partial charge on any atom is -0.478 e. The van der Waals surface area contributed by atoms with Crippen molar-refractivity contribution in [1.29, 1.82) is 0 Å². The molecule has 1 aromatic heterocycles. The number of hydrogen-bond donors (Lipinski definition) is 1. The number of aromatic nitrogens is 1. The lowest BCUT2D eigenvalue weighted by Crippen LogP contribution is -2.01. The molecule has 0 unspecified atom stereocenters. The number of nitrogens with zero attached hydrogens (tertiary/aromatic N) is 2. The molecule has 0 spiro atoms. The fourth-order valence-corrected chi connectivity index (χ4v) is 1.90. The van der Waals surface area contributed by atoms with Gasteiger partial charge >= 0.3 is 5.97 Å². The van der Waals surface area contributed by atoms with Gasteiger partial charge in [0, 0.05) is 11.5 Å². The number of nitro benzene ring substituents is 1. The molecule has 1 N–H and O–H groups in total. The van der Waals surface area contributed by atoms with Gasteiger partial charge in [-0.1, -0.05) is 11.6 Å². The molecule has 2 aromatic rings. The first-order valence-corrected chi connectivity index (χ1v) is 5.26. The minimum atomic E-state index is -1.22. The molecule has 1 aromatic carbocycles. The van der Waals surface area contributed by atoms with Crippen molar-refractivity contribution in [1.82, 2.24) is 4.98 Å². The van der Waals surface area contributed by atoms with Gasteiger partial charge in [0.05, 0.1) is 10.5 Å². The second-order valence-electron chi connectivity index (χ2n) is 3.74.